The number of carbonyl (C=O) groups is 2. The largest absolute Gasteiger partial charge is 0.368 e. The van der Waals surface area contributed by atoms with Crippen LogP contribution >= 0.6 is 11.6 Å². The first-order valence-corrected chi connectivity index (χ1v) is 9.44. The summed E-state index contributed by atoms with van der Waals surface area (Å²) < 4.78 is 5.49. The summed E-state index contributed by atoms with van der Waals surface area (Å²) in [6.45, 7) is 3.06. The van der Waals surface area contributed by atoms with Gasteiger partial charge in [-0.25, -0.2) is 0 Å². The molecular formula is C19H23ClN2O3. The summed E-state index contributed by atoms with van der Waals surface area (Å²) in [5.41, 5.74) is 0.619. The first-order valence-electron chi connectivity index (χ1n) is 9.06. The van der Waals surface area contributed by atoms with E-state index in [1.807, 2.05) is 34.1 Å². The number of rotatable bonds is 3. The highest BCUT2D eigenvalue weighted by molar-refractivity contribution is 6.30. The van der Waals surface area contributed by atoms with Gasteiger partial charge in [0.25, 0.3) is 5.91 Å². The minimum absolute atomic E-state index is 0.0839. The molecule has 0 spiro atoms. The number of halogens is 1. The first kappa shape index (κ1) is 16.9. The molecule has 6 heteroatoms. The van der Waals surface area contributed by atoms with E-state index < -0.39 is 5.41 Å². The Hall–Kier alpha value is -1.59. The van der Waals surface area contributed by atoms with Crippen molar-refractivity contribution >= 4 is 23.4 Å². The number of hydrogen-bond donors (Lipinski definition) is 0. The maximum absolute atomic E-state index is 13.1. The SMILES string of the molecule is O=C(C1CCCO1)N1CCN(C(=O)C2(c3cccc(Cl)c3)CC2)CC1. The molecule has 2 amide bonds. The highest BCUT2D eigenvalue weighted by atomic mass is 35.5. The quantitative estimate of drug-likeness (QED) is 0.828. The standard InChI is InChI=1S/C19H23ClN2O3/c20-15-4-1-3-14(13-15)19(6-7-19)18(24)22-10-8-21(9-11-22)17(23)16-5-2-12-25-16/h1,3-4,13,16H,2,5-12H2. The summed E-state index contributed by atoms with van der Waals surface area (Å²) in [6, 6.07) is 7.64. The van der Waals surface area contributed by atoms with Crippen molar-refractivity contribution in [3.8, 4) is 0 Å². The first-order chi connectivity index (χ1) is 12.1. The summed E-state index contributed by atoms with van der Waals surface area (Å²) in [5.74, 6) is 0.263. The van der Waals surface area contributed by atoms with Crippen LogP contribution in [0.2, 0.25) is 5.02 Å². The molecule has 0 bridgehead atoms. The van der Waals surface area contributed by atoms with Crippen molar-refractivity contribution < 1.29 is 14.3 Å². The molecule has 3 aliphatic rings. The summed E-state index contributed by atoms with van der Waals surface area (Å²) in [6.07, 6.45) is 3.25. The summed E-state index contributed by atoms with van der Waals surface area (Å²) in [4.78, 5) is 29.3. The second-order valence-corrected chi connectivity index (χ2v) is 7.65. The van der Waals surface area contributed by atoms with E-state index in [2.05, 4.69) is 0 Å². The topological polar surface area (TPSA) is 49.9 Å². The van der Waals surface area contributed by atoms with Gasteiger partial charge in [-0.05, 0) is 43.4 Å². The van der Waals surface area contributed by atoms with Gasteiger partial charge in [0.05, 0.1) is 5.41 Å². The van der Waals surface area contributed by atoms with Gasteiger partial charge in [-0.3, -0.25) is 9.59 Å². The van der Waals surface area contributed by atoms with Crippen LogP contribution in [0.25, 0.3) is 0 Å². The Balaban J connectivity index is 1.39. The highest BCUT2D eigenvalue weighted by Crippen LogP contribution is 2.50. The fraction of sp³-hybridized carbons (Fsp3) is 0.579. The van der Waals surface area contributed by atoms with Gasteiger partial charge in [0.15, 0.2) is 0 Å². The third-order valence-corrected chi connectivity index (χ3v) is 5.86. The minimum atomic E-state index is -0.397. The number of ether oxygens (including phenoxy) is 1. The molecule has 25 heavy (non-hydrogen) atoms. The number of amides is 2. The Morgan fingerprint density at radius 2 is 1.84 bits per heavy atom. The lowest BCUT2D eigenvalue weighted by molar-refractivity contribution is -0.146. The van der Waals surface area contributed by atoms with E-state index >= 15 is 0 Å². The van der Waals surface area contributed by atoms with Crippen LogP contribution < -0.4 is 0 Å². The van der Waals surface area contributed by atoms with Gasteiger partial charge in [0.2, 0.25) is 5.91 Å². The van der Waals surface area contributed by atoms with Crippen molar-refractivity contribution in [2.45, 2.75) is 37.2 Å². The van der Waals surface area contributed by atoms with Gasteiger partial charge in [0.1, 0.15) is 6.10 Å². The van der Waals surface area contributed by atoms with Gasteiger partial charge in [0, 0.05) is 37.8 Å². The monoisotopic (exact) mass is 362 g/mol. The number of nitrogens with zero attached hydrogens (tertiary/aromatic N) is 2. The second kappa shape index (κ2) is 6.61. The molecule has 4 rings (SSSR count). The summed E-state index contributed by atoms with van der Waals surface area (Å²) >= 11 is 6.10. The lowest BCUT2D eigenvalue weighted by atomic mass is 9.94. The number of carbonyl (C=O) groups excluding carboxylic acids is 2. The Labute approximate surface area is 152 Å². The van der Waals surface area contributed by atoms with Crippen LogP contribution in [-0.2, 0) is 19.7 Å². The predicted octanol–water partition coefficient (Wildman–Crippen LogP) is 2.22. The molecule has 1 aromatic carbocycles. The van der Waals surface area contributed by atoms with E-state index in [-0.39, 0.29) is 17.9 Å². The van der Waals surface area contributed by atoms with Crippen LogP contribution in [0.5, 0.6) is 0 Å². The molecule has 134 valence electrons. The van der Waals surface area contributed by atoms with Gasteiger partial charge < -0.3 is 14.5 Å². The zero-order chi connectivity index (χ0) is 17.4. The molecule has 1 aliphatic carbocycles. The van der Waals surface area contributed by atoms with Gasteiger partial charge in [-0.15, -0.1) is 0 Å². The molecule has 5 nitrogen and oxygen atoms in total. The highest BCUT2D eigenvalue weighted by Gasteiger charge is 2.53. The van der Waals surface area contributed by atoms with Crippen LogP contribution in [0.15, 0.2) is 24.3 Å². The van der Waals surface area contributed by atoms with E-state index in [0.29, 0.717) is 37.8 Å². The molecule has 1 atom stereocenters. The number of piperazine rings is 1. The van der Waals surface area contributed by atoms with Crippen molar-refractivity contribution in [3.05, 3.63) is 34.9 Å². The third-order valence-electron chi connectivity index (χ3n) is 5.62. The van der Waals surface area contributed by atoms with Crippen LogP contribution in [0.3, 0.4) is 0 Å². The van der Waals surface area contributed by atoms with Gasteiger partial charge in [-0.2, -0.15) is 0 Å². The van der Waals surface area contributed by atoms with Crippen molar-refractivity contribution in [2.75, 3.05) is 32.8 Å². The van der Waals surface area contributed by atoms with E-state index in [9.17, 15) is 9.59 Å². The van der Waals surface area contributed by atoms with Crippen LogP contribution in [0, 0.1) is 0 Å². The average molecular weight is 363 g/mol. The molecule has 0 radical (unpaired) electrons. The normalized spacial score (nSPS) is 25.1. The summed E-state index contributed by atoms with van der Waals surface area (Å²) in [5, 5.41) is 0.670. The van der Waals surface area contributed by atoms with E-state index in [0.717, 1.165) is 31.2 Å². The molecular weight excluding hydrogens is 340 g/mol. The molecule has 1 saturated carbocycles. The fourth-order valence-corrected chi connectivity index (χ4v) is 4.14. The molecule has 2 heterocycles. The van der Waals surface area contributed by atoms with Crippen molar-refractivity contribution in [1.82, 2.24) is 9.80 Å². The zero-order valence-corrected chi connectivity index (χ0v) is 15.0. The van der Waals surface area contributed by atoms with Gasteiger partial charge >= 0.3 is 0 Å². The van der Waals surface area contributed by atoms with Crippen molar-refractivity contribution in [1.29, 1.82) is 0 Å². The molecule has 2 saturated heterocycles. The summed E-state index contributed by atoms with van der Waals surface area (Å²) in [7, 11) is 0. The molecule has 2 aliphatic heterocycles. The van der Waals surface area contributed by atoms with Crippen LogP contribution in [-0.4, -0.2) is 60.5 Å². The van der Waals surface area contributed by atoms with E-state index in [4.69, 9.17) is 16.3 Å². The maximum atomic E-state index is 13.1. The number of hydrogen-bond acceptors (Lipinski definition) is 3. The Kier molecular flexibility index (Phi) is 4.46. The molecule has 3 fully saturated rings. The van der Waals surface area contributed by atoms with E-state index in [1.54, 1.807) is 0 Å². The third kappa shape index (κ3) is 3.15. The lowest BCUT2D eigenvalue weighted by Gasteiger charge is -2.37. The number of benzene rings is 1. The Morgan fingerprint density at radius 3 is 2.44 bits per heavy atom. The second-order valence-electron chi connectivity index (χ2n) is 7.21. The van der Waals surface area contributed by atoms with E-state index in [1.165, 1.54) is 0 Å². The fourth-order valence-electron chi connectivity index (χ4n) is 3.95. The minimum Gasteiger partial charge on any atom is -0.368 e. The Bertz CT molecular complexity index is 675. The van der Waals surface area contributed by atoms with Crippen molar-refractivity contribution in [2.24, 2.45) is 0 Å². The van der Waals surface area contributed by atoms with Crippen molar-refractivity contribution in [3.63, 3.8) is 0 Å². The smallest absolute Gasteiger partial charge is 0.251 e. The molecule has 0 aromatic heterocycles. The molecule has 1 aromatic rings. The predicted molar refractivity (Wildman–Crippen MR) is 94.5 cm³/mol. The molecule has 1 unspecified atom stereocenters. The zero-order valence-electron chi connectivity index (χ0n) is 14.2. The van der Waals surface area contributed by atoms with Gasteiger partial charge in [-0.1, -0.05) is 23.7 Å². The maximum Gasteiger partial charge on any atom is 0.251 e. The molecule has 0 N–H and O–H groups in total. The average Bonchev–Trinajstić information content (AvgIpc) is 3.27. The Morgan fingerprint density at radius 1 is 1.12 bits per heavy atom. The van der Waals surface area contributed by atoms with Crippen LogP contribution in [0.4, 0.5) is 0 Å². The lowest BCUT2D eigenvalue weighted by Crippen LogP contribution is -2.54. The van der Waals surface area contributed by atoms with Crippen LogP contribution in [0.1, 0.15) is 31.2 Å².